The zero-order valence-corrected chi connectivity index (χ0v) is 11.9. The van der Waals surface area contributed by atoms with Gasteiger partial charge < -0.3 is 5.11 Å². The van der Waals surface area contributed by atoms with E-state index in [1.54, 1.807) is 0 Å². The van der Waals surface area contributed by atoms with E-state index in [-0.39, 0.29) is 23.3 Å². The summed E-state index contributed by atoms with van der Waals surface area (Å²) in [7, 11) is 0. The molecule has 1 fully saturated rings. The summed E-state index contributed by atoms with van der Waals surface area (Å²) < 4.78 is 13.2. The van der Waals surface area contributed by atoms with Gasteiger partial charge in [-0.3, -0.25) is 9.69 Å². The largest absolute Gasteiger partial charge is 0.372 e. The Morgan fingerprint density at radius 1 is 1.40 bits per heavy atom. The summed E-state index contributed by atoms with van der Waals surface area (Å²) in [6.07, 6.45) is -0.723. The fourth-order valence-electron chi connectivity index (χ4n) is 2.40. The highest BCUT2D eigenvalue weighted by Crippen LogP contribution is 2.38. The third-order valence-corrected chi connectivity index (χ3v) is 4.67. The van der Waals surface area contributed by atoms with Crippen LogP contribution >= 0.6 is 22.9 Å². The van der Waals surface area contributed by atoms with E-state index in [2.05, 4.69) is 0 Å². The Bertz CT molecular complexity index is 647. The molecule has 1 saturated heterocycles. The molecule has 1 aliphatic heterocycles. The first-order valence-electron chi connectivity index (χ1n) is 6.06. The van der Waals surface area contributed by atoms with Crippen molar-refractivity contribution in [1.82, 2.24) is 0 Å². The Morgan fingerprint density at radius 3 is 2.85 bits per heavy atom. The number of aliphatic hydroxyl groups excluding tert-OH is 1. The molecule has 0 unspecified atom stereocenters. The predicted octanol–water partition coefficient (Wildman–Crippen LogP) is 3.38. The van der Waals surface area contributed by atoms with Crippen molar-refractivity contribution in [2.75, 3.05) is 4.90 Å². The summed E-state index contributed by atoms with van der Waals surface area (Å²) in [5.74, 6) is -1.00. The highest BCUT2D eigenvalue weighted by Gasteiger charge is 2.40. The average molecular weight is 312 g/mol. The number of benzene rings is 1. The number of aliphatic hydroxyl groups is 1. The maximum atomic E-state index is 13.2. The molecule has 3 rings (SSSR count). The van der Waals surface area contributed by atoms with Crippen LogP contribution in [-0.4, -0.2) is 17.2 Å². The normalized spacial score (nSPS) is 22.6. The number of rotatable bonds is 2. The van der Waals surface area contributed by atoms with Gasteiger partial charge in [0.05, 0.1) is 5.02 Å². The lowest BCUT2D eigenvalue weighted by molar-refractivity contribution is -0.117. The molecular formula is C14H11ClFNO2S. The van der Waals surface area contributed by atoms with Gasteiger partial charge in [-0.25, -0.2) is 4.39 Å². The van der Waals surface area contributed by atoms with Gasteiger partial charge >= 0.3 is 0 Å². The number of thiophene rings is 1. The molecule has 3 nitrogen and oxygen atoms in total. The van der Waals surface area contributed by atoms with Crippen molar-refractivity contribution >= 4 is 34.5 Å². The maximum absolute atomic E-state index is 13.2. The van der Waals surface area contributed by atoms with E-state index >= 15 is 0 Å². The van der Waals surface area contributed by atoms with Gasteiger partial charge in [0.1, 0.15) is 12.0 Å². The van der Waals surface area contributed by atoms with Crippen LogP contribution in [0.4, 0.5) is 10.1 Å². The lowest BCUT2D eigenvalue weighted by atomic mass is 10.1. The molecule has 20 heavy (non-hydrogen) atoms. The molecule has 0 spiro atoms. The summed E-state index contributed by atoms with van der Waals surface area (Å²) in [6, 6.07) is 7.77. The highest BCUT2D eigenvalue weighted by atomic mass is 35.5. The zero-order valence-electron chi connectivity index (χ0n) is 10.3. The van der Waals surface area contributed by atoms with Crippen molar-refractivity contribution in [3.05, 3.63) is 51.4 Å². The van der Waals surface area contributed by atoms with Crippen molar-refractivity contribution in [2.45, 2.75) is 18.6 Å². The SMILES string of the molecule is O=C1C[C@@H](c2cccs2)[C@H](O)N1c1ccc(F)c(Cl)c1. The van der Waals surface area contributed by atoms with E-state index in [4.69, 9.17) is 11.6 Å². The molecule has 1 aliphatic rings. The first kappa shape index (κ1) is 13.5. The predicted molar refractivity (Wildman–Crippen MR) is 76.6 cm³/mol. The molecule has 2 aromatic rings. The minimum Gasteiger partial charge on any atom is -0.372 e. The Kier molecular flexibility index (Phi) is 3.50. The summed E-state index contributed by atoms with van der Waals surface area (Å²) in [4.78, 5) is 14.4. The molecule has 1 aromatic carbocycles. The molecule has 0 aliphatic carbocycles. The second-order valence-corrected chi connectivity index (χ2v) is 5.99. The molecule has 1 amide bonds. The van der Waals surface area contributed by atoms with Crippen molar-refractivity contribution in [3.63, 3.8) is 0 Å². The number of halogens is 2. The lowest BCUT2D eigenvalue weighted by Crippen LogP contribution is -2.34. The molecule has 6 heteroatoms. The fourth-order valence-corrected chi connectivity index (χ4v) is 3.43. The van der Waals surface area contributed by atoms with Crippen LogP contribution in [0.1, 0.15) is 17.2 Å². The maximum Gasteiger partial charge on any atom is 0.229 e. The van der Waals surface area contributed by atoms with E-state index in [1.807, 2.05) is 17.5 Å². The molecule has 1 N–H and O–H groups in total. The fraction of sp³-hybridized carbons (Fsp3) is 0.214. The number of hydrogen-bond donors (Lipinski definition) is 1. The van der Waals surface area contributed by atoms with Crippen molar-refractivity contribution < 1.29 is 14.3 Å². The number of carbonyl (C=O) groups is 1. The van der Waals surface area contributed by atoms with Crippen LogP contribution in [0, 0.1) is 5.82 Å². The number of nitrogens with zero attached hydrogens (tertiary/aromatic N) is 1. The Morgan fingerprint density at radius 2 is 2.20 bits per heavy atom. The molecule has 0 bridgehead atoms. The van der Waals surface area contributed by atoms with Crippen LogP contribution in [-0.2, 0) is 4.79 Å². The van der Waals surface area contributed by atoms with Gasteiger partial charge in [-0.15, -0.1) is 11.3 Å². The molecule has 2 atom stereocenters. The van der Waals surface area contributed by atoms with E-state index < -0.39 is 12.0 Å². The molecule has 1 aromatic heterocycles. The van der Waals surface area contributed by atoms with Crippen LogP contribution in [0.25, 0.3) is 0 Å². The average Bonchev–Trinajstić information content (AvgIpc) is 3.02. The van der Waals surface area contributed by atoms with Crippen LogP contribution in [0.5, 0.6) is 0 Å². The number of anilines is 1. The number of hydrogen-bond acceptors (Lipinski definition) is 3. The molecule has 104 valence electrons. The first-order chi connectivity index (χ1) is 9.58. The summed E-state index contributed by atoms with van der Waals surface area (Å²) >= 11 is 7.23. The molecule has 2 heterocycles. The molecule has 0 radical (unpaired) electrons. The lowest BCUT2D eigenvalue weighted by Gasteiger charge is -2.23. The smallest absolute Gasteiger partial charge is 0.229 e. The molecular weight excluding hydrogens is 301 g/mol. The van der Waals surface area contributed by atoms with E-state index in [1.165, 1.54) is 34.4 Å². The van der Waals surface area contributed by atoms with Crippen LogP contribution in [0.15, 0.2) is 35.7 Å². The first-order valence-corrected chi connectivity index (χ1v) is 7.32. The summed E-state index contributed by atoms with van der Waals surface area (Å²) in [5, 5.41) is 12.2. The Balaban J connectivity index is 1.94. The van der Waals surface area contributed by atoms with Crippen LogP contribution in [0.3, 0.4) is 0 Å². The standard InChI is InChI=1S/C14H11ClFNO2S/c15-10-6-8(3-4-11(10)16)17-13(18)7-9(14(17)19)12-2-1-5-20-12/h1-6,9,14,19H,7H2/t9-,14-/m0/s1. The van der Waals surface area contributed by atoms with Crippen molar-refractivity contribution in [3.8, 4) is 0 Å². The zero-order chi connectivity index (χ0) is 14.3. The third kappa shape index (κ3) is 2.22. The molecule has 0 saturated carbocycles. The van der Waals surface area contributed by atoms with E-state index in [9.17, 15) is 14.3 Å². The third-order valence-electron chi connectivity index (χ3n) is 3.38. The minimum absolute atomic E-state index is 0.0675. The van der Waals surface area contributed by atoms with Crippen LogP contribution < -0.4 is 4.90 Å². The summed E-state index contributed by atoms with van der Waals surface area (Å²) in [6.45, 7) is 0. The van der Waals surface area contributed by atoms with Crippen molar-refractivity contribution in [2.24, 2.45) is 0 Å². The Hall–Kier alpha value is -1.43. The number of amides is 1. The van der Waals surface area contributed by atoms with Crippen molar-refractivity contribution in [1.29, 1.82) is 0 Å². The quantitative estimate of drug-likeness (QED) is 0.923. The van der Waals surface area contributed by atoms with Gasteiger partial charge in [0, 0.05) is 22.9 Å². The topological polar surface area (TPSA) is 40.5 Å². The van der Waals surface area contributed by atoms with E-state index in [0.717, 1.165) is 4.88 Å². The highest BCUT2D eigenvalue weighted by molar-refractivity contribution is 7.10. The number of carbonyl (C=O) groups excluding carboxylic acids is 1. The minimum atomic E-state index is -0.956. The summed E-state index contributed by atoms with van der Waals surface area (Å²) in [5.41, 5.74) is 0.410. The second kappa shape index (κ2) is 5.16. The van der Waals surface area contributed by atoms with Gasteiger partial charge in [-0.05, 0) is 29.6 Å². The van der Waals surface area contributed by atoms with Gasteiger partial charge in [0.2, 0.25) is 5.91 Å². The Labute approximate surface area is 124 Å². The van der Waals surface area contributed by atoms with Crippen LogP contribution in [0.2, 0.25) is 5.02 Å². The van der Waals surface area contributed by atoms with Gasteiger partial charge in [0.25, 0.3) is 0 Å². The monoisotopic (exact) mass is 311 g/mol. The second-order valence-electron chi connectivity index (χ2n) is 4.60. The van der Waals surface area contributed by atoms with Gasteiger partial charge in [0.15, 0.2) is 0 Å². The van der Waals surface area contributed by atoms with E-state index in [0.29, 0.717) is 5.69 Å². The van der Waals surface area contributed by atoms with Gasteiger partial charge in [-0.1, -0.05) is 17.7 Å². The van der Waals surface area contributed by atoms with Gasteiger partial charge in [-0.2, -0.15) is 0 Å².